The molecule has 6 nitrogen and oxygen atoms in total. The quantitative estimate of drug-likeness (QED) is 0.366. The number of nitrogens with one attached hydrogen (secondary N) is 2. The Balaban J connectivity index is 1.85. The van der Waals surface area contributed by atoms with E-state index in [9.17, 15) is 13.2 Å². The van der Waals surface area contributed by atoms with Crippen molar-refractivity contribution in [3.8, 4) is 5.75 Å². The predicted molar refractivity (Wildman–Crippen MR) is 95.6 cm³/mol. The fourth-order valence-electron chi connectivity index (χ4n) is 2.57. The van der Waals surface area contributed by atoms with E-state index in [-0.39, 0.29) is 24.0 Å². The van der Waals surface area contributed by atoms with Crippen LogP contribution in [0.5, 0.6) is 5.75 Å². The van der Waals surface area contributed by atoms with Crippen molar-refractivity contribution in [1.29, 1.82) is 0 Å². The second-order valence-corrected chi connectivity index (χ2v) is 5.93. The topological polar surface area (TPSA) is 64.1 Å². The molecule has 0 spiro atoms. The lowest BCUT2D eigenvalue weighted by Crippen LogP contribution is -2.38. The number of aliphatic imine (C=N–C) groups is 1. The van der Waals surface area contributed by atoms with Crippen LogP contribution in [0.4, 0.5) is 13.2 Å². The molecule has 0 aromatic heterocycles. The average Bonchev–Trinajstić information content (AvgIpc) is 3.13. The molecule has 1 heterocycles. The van der Waals surface area contributed by atoms with Crippen LogP contribution in [0.15, 0.2) is 23.2 Å². The number of hydrogen-bond donors (Lipinski definition) is 2. The lowest BCUT2D eigenvalue weighted by molar-refractivity contribution is -0.0506. The van der Waals surface area contributed by atoms with Gasteiger partial charge in [0.1, 0.15) is 11.6 Å². The molecule has 152 valence electrons. The minimum absolute atomic E-state index is 0.0143. The van der Waals surface area contributed by atoms with Crippen LogP contribution >= 0.6 is 0 Å². The van der Waals surface area contributed by atoms with Gasteiger partial charge in [0.05, 0.1) is 24.8 Å². The summed E-state index contributed by atoms with van der Waals surface area (Å²) in [7, 11) is 0. The highest BCUT2D eigenvalue weighted by atomic mass is 19.3. The van der Waals surface area contributed by atoms with Crippen LogP contribution in [0.3, 0.4) is 0 Å². The molecule has 1 aromatic rings. The summed E-state index contributed by atoms with van der Waals surface area (Å²) in [5.41, 5.74) is -0.0143. The largest absolute Gasteiger partial charge is 0.434 e. The number of hydrogen-bond acceptors (Lipinski definition) is 4. The van der Waals surface area contributed by atoms with Crippen molar-refractivity contribution in [2.24, 2.45) is 4.99 Å². The van der Waals surface area contributed by atoms with Crippen LogP contribution < -0.4 is 15.4 Å². The molecule has 0 saturated carbocycles. The molecule has 2 N–H and O–H groups in total. The summed E-state index contributed by atoms with van der Waals surface area (Å²) >= 11 is 0. The van der Waals surface area contributed by atoms with Crippen LogP contribution in [0, 0.1) is 5.82 Å². The molecule has 1 atom stereocenters. The summed E-state index contributed by atoms with van der Waals surface area (Å²) in [5.74, 6) is -0.385. The Morgan fingerprint density at radius 2 is 2.22 bits per heavy atom. The zero-order valence-electron chi connectivity index (χ0n) is 15.3. The standard InChI is InChI=1S/C18H26F3N3O3/c1-2-22-18(23-8-4-9-26-13-7-10-25-12-13)24-11-14-15(19)5-3-6-16(14)27-17(20)21/h3,5-6,13,17H,2,4,7-12H2,1H3,(H2,22,23,24). The van der Waals surface area contributed by atoms with Gasteiger partial charge in [-0.2, -0.15) is 8.78 Å². The Bertz CT molecular complexity index is 596. The highest BCUT2D eigenvalue weighted by molar-refractivity contribution is 5.79. The first-order chi connectivity index (χ1) is 13.1. The SMILES string of the molecule is CCNC(=NCc1c(F)cccc1OC(F)F)NCCCOC1CCOC1. The number of halogens is 3. The molecule has 0 aliphatic carbocycles. The molecule has 0 radical (unpaired) electrons. The Morgan fingerprint density at radius 1 is 1.37 bits per heavy atom. The van der Waals surface area contributed by atoms with Crippen molar-refractivity contribution < 1.29 is 27.4 Å². The average molecular weight is 389 g/mol. The number of alkyl halides is 2. The van der Waals surface area contributed by atoms with E-state index in [1.54, 1.807) is 0 Å². The summed E-state index contributed by atoms with van der Waals surface area (Å²) in [6.45, 7) is 1.95. The Hall–Kier alpha value is -2.00. The summed E-state index contributed by atoms with van der Waals surface area (Å²) in [4.78, 5) is 4.26. The summed E-state index contributed by atoms with van der Waals surface area (Å²) in [6.07, 6.45) is 1.85. The molecule has 2 rings (SSSR count). The molecule has 1 saturated heterocycles. The van der Waals surface area contributed by atoms with Crippen molar-refractivity contribution in [2.45, 2.75) is 39.0 Å². The van der Waals surface area contributed by atoms with E-state index in [4.69, 9.17) is 9.47 Å². The van der Waals surface area contributed by atoms with Gasteiger partial charge in [0.2, 0.25) is 0 Å². The number of rotatable bonds is 10. The summed E-state index contributed by atoms with van der Waals surface area (Å²) < 4.78 is 54.2. The maximum Gasteiger partial charge on any atom is 0.387 e. The predicted octanol–water partition coefficient (Wildman–Crippen LogP) is 2.68. The monoisotopic (exact) mass is 389 g/mol. The van der Waals surface area contributed by atoms with Crippen molar-refractivity contribution in [1.82, 2.24) is 10.6 Å². The maximum atomic E-state index is 14.0. The van der Waals surface area contributed by atoms with Crippen LogP contribution in [0.1, 0.15) is 25.3 Å². The lowest BCUT2D eigenvalue weighted by Gasteiger charge is -2.14. The van der Waals surface area contributed by atoms with Gasteiger partial charge in [0, 0.05) is 26.3 Å². The van der Waals surface area contributed by atoms with Gasteiger partial charge in [0.15, 0.2) is 5.96 Å². The second kappa shape index (κ2) is 11.7. The molecular weight excluding hydrogens is 363 g/mol. The first-order valence-electron chi connectivity index (χ1n) is 9.04. The minimum Gasteiger partial charge on any atom is -0.434 e. The normalized spacial score (nSPS) is 17.4. The number of ether oxygens (including phenoxy) is 3. The second-order valence-electron chi connectivity index (χ2n) is 5.93. The van der Waals surface area contributed by atoms with Gasteiger partial charge in [0.25, 0.3) is 0 Å². The molecule has 9 heteroatoms. The Morgan fingerprint density at radius 3 is 2.93 bits per heavy atom. The van der Waals surface area contributed by atoms with Crippen molar-refractivity contribution >= 4 is 5.96 Å². The lowest BCUT2D eigenvalue weighted by atomic mass is 10.2. The van der Waals surface area contributed by atoms with Gasteiger partial charge in [-0.25, -0.2) is 9.38 Å². The number of nitrogens with zero attached hydrogens (tertiary/aromatic N) is 1. The molecule has 1 aliphatic rings. The third kappa shape index (κ3) is 7.64. The summed E-state index contributed by atoms with van der Waals surface area (Å²) in [6, 6.07) is 3.80. The minimum atomic E-state index is -3.02. The molecule has 27 heavy (non-hydrogen) atoms. The van der Waals surface area contributed by atoms with Crippen LogP contribution in [0.2, 0.25) is 0 Å². The van der Waals surface area contributed by atoms with Gasteiger partial charge < -0.3 is 24.8 Å². The van der Waals surface area contributed by atoms with E-state index in [1.807, 2.05) is 6.92 Å². The molecule has 1 aliphatic heterocycles. The van der Waals surface area contributed by atoms with E-state index in [1.165, 1.54) is 18.2 Å². The van der Waals surface area contributed by atoms with Gasteiger partial charge in [-0.15, -0.1) is 0 Å². The maximum absolute atomic E-state index is 14.0. The molecule has 0 bridgehead atoms. The molecule has 1 fully saturated rings. The van der Waals surface area contributed by atoms with Crippen LogP contribution in [-0.4, -0.2) is 51.6 Å². The van der Waals surface area contributed by atoms with Gasteiger partial charge in [-0.3, -0.25) is 0 Å². The first-order valence-corrected chi connectivity index (χ1v) is 9.04. The van der Waals surface area contributed by atoms with Crippen molar-refractivity contribution in [3.63, 3.8) is 0 Å². The fraction of sp³-hybridized carbons (Fsp3) is 0.611. The molecule has 0 amide bonds. The third-order valence-electron chi connectivity index (χ3n) is 3.89. The number of guanidine groups is 1. The van der Waals surface area contributed by atoms with E-state index >= 15 is 0 Å². The fourth-order valence-corrected chi connectivity index (χ4v) is 2.57. The number of benzene rings is 1. The van der Waals surface area contributed by atoms with E-state index in [0.29, 0.717) is 32.3 Å². The van der Waals surface area contributed by atoms with Gasteiger partial charge in [-0.05, 0) is 31.9 Å². The highest BCUT2D eigenvalue weighted by Gasteiger charge is 2.15. The third-order valence-corrected chi connectivity index (χ3v) is 3.89. The zero-order valence-corrected chi connectivity index (χ0v) is 15.3. The smallest absolute Gasteiger partial charge is 0.387 e. The van der Waals surface area contributed by atoms with Crippen LogP contribution in [-0.2, 0) is 16.0 Å². The van der Waals surface area contributed by atoms with E-state index in [0.717, 1.165) is 19.4 Å². The summed E-state index contributed by atoms with van der Waals surface area (Å²) in [5, 5.41) is 6.14. The highest BCUT2D eigenvalue weighted by Crippen LogP contribution is 2.24. The Labute approximate surface area is 157 Å². The van der Waals surface area contributed by atoms with Crippen molar-refractivity contribution in [3.05, 3.63) is 29.6 Å². The van der Waals surface area contributed by atoms with E-state index < -0.39 is 12.4 Å². The zero-order chi connectivity index (χ0) is 19.5. The Kier molecular flexibility index (Phi) is 9.20. The van der Waals surface area contributed by atoms with Gasteiger partial charge >= 0.3 is 6.61 Å². The van der Waals surface area contributed by atoms with Crippen LogP contribution in [0.25, 0.3) is 0 Å². The molecular formula is C18H26F3N3O3. The van der Waals surface area contributed by atoms with Gasteiger partial charge in [-0.1, -0.05) is 6.07 Å². The molecule has 1 unspecified atom stereocenters. The molecule has 1 aromatic carbocycles. The van der Waals surface area contributed by atoms with E-state index in [2.05, 4.69) is 20.4 Å². The first kappa shape index (κ1) is 21.3. The van der Waals surface area contributed by atoms with Crippen molar-refractivity contribution in [2.75, 3.05) is 32.9 Å².